The average molecular weight is 450 g/mol. The zero-order valence-corrected chi connectivity index (χ0v) is 18.7. The molecule has 0 fully saturated rings. The van der Waals surface area contributed by atoms with Crippen LogP contribution in [0.1, 0.15) is 22.1 Å². The van der Waals surface area contributed by atoms with Gasteiger partial charge in [-0.15, -0.1) is 10.2 Å². The molecule has 4 aromatic rings. The van der Waals surface area contributed by atoms with Crippen LogP contribution in [0.4, 0.5) is 5.69 Å². The van der Waals surface area contributed by atoms with Gasteiger partial charge in [0.05, 0.1) is 24.6 Å². The van der Waals surface area contributed by atoms with Gasteiger partial charge in [0, 0.05) is 0 Å². The van der Waals surface area contributed by atoms with Crippen molar-refractivity contribution in [3.05, 3.63) is 77.7 Å². The van der Waals surface area contributed by atoms with E-state index in [1.165, 1.54) is 16.4 Å². The largest absolute Gasteiger partial charge is 0.495 e. The maximum absolute atomic E-state index is 13.4. The number of thioether (sulfide) groups is 1. The molecule has 1 unspecified atom stereocenters. The van der Waals surface area contributed by atoms with E-state index in [0.29, 0.717) is 28.2 Å². The Morgan fingerprint density at radius 2 is 1.94 bits per heavy atom. The summed E-state index contributed by atoms with van der Waals surface area (Å²) in [7, 11) is 1.57. The van der Waals surface area contributed by atoms with Crippen LogP contribution in [-0.2, 0) is 4.79 Å². The zero-order valence-electron chi connectivity index (χ0n) is 17.9. The van der Waals surface area contributed by atoms with Crippen molar-refractivity contribution in [3.63, 3.8) is 0 Å². The van der Waals surface area contributed by atoms with Crippen molar-refractivity contribution >= 4 is 23.4 Å². The molecule has 2 aromatic heterocycles. The van der Waals surface area contributed by atoms with Crippen LogP contribution in [0.3, 0.4) is 0 Å². The van der Waals surface area contributed by atoms with Gasteiger partial charge in [-0.2, -0.15) is 0 Å². The number of benzene rings is 2. The van der Waals surface area contributed by atoms with E-state index >= 15 is 0 Å². The van der Waals surface area contributed by atoms with Gasteiger partial charge in [-0.05, 0) is 43.2 Å². The summed E-state index contributed by atoms with van der Waals surface area (Å²) in [5, 5.41) is 11.2. The number of furan rings is 1. The monoisotopic (exact) mass is 449 g/mol. The first kappa shape index (κ1) is 21.5. The molecule has 0 spiro atoms. The number of methoxy groups -OCH3 is 1. The summed E-state index contributed by atoms with van der Waals surface area (Å²) in [6.45, 7) is 3.78. The molecule has 0 radical (unpaired) electrons. The van der Waals surface area contributed by atoms with Crippen molar-refractivity contribution in [2.45, 2.75) is 24.3 Å². The number of hydrogen-bond acceptors (Lipinski definition) is 7. The maximum atomic E-state index is 13.4. The van der Waals surface area contributed by atoms with Crippen molar-refractivity contribution in [1.29, 1.82) is 0 Å². The van der Waals surface area contributed by atoms with Crippen molar-refractivity contribution < 1.29 is 13.9 Å². The Balaban J connectivity index is 1.66. The second-order valence-electron chi connectivity index (χ2n) is 7.17. The average Bonchev–Trinajstić information content (AvgIpc) is 3.37. The van der Waals surface area contributed by atoms with Crippen molar-refractivity contribution in [2.75, 3.05) is 18.3 Å². The van der Waals surface area contributed by atoms with Gasteiger partial charge in [0.15, 0.2) is 5.82 Å². The maximum Gasteiger partial charge on any atom is 0.242 e. The number of nitrogens with zero attached hydrogens (tertiary/aromatic N) is 3. The minimum absolute atomic E-state index is 0.228. The minimum atomic E-state index is -0.619. The molecule has 4 rings (SSSR count). The summed E-state index contributed by atoms with van der Waals surface area (Å²) < 4.78 is 12.1. The first-order valence-corrected chi connectivity index (χ1v) is 10.8. The third kappa shape index (κ3) is 4.33. The summed E-state index contributed by atoms with van der Waals surface area (Å²) >= 11 is 1.22. The van der Waals surface area contributed by atoms with Gasteiger partial charge in [0.1, 0.15) is 16.8 Å². The Labute approximate surface area is 189 Å². The van der Waals surface area contributed by atoms with Gasteiger partial charge in [-0.3, -0.25) is 4.79 Å². The highest BCUT2D eigenvalue weighted by molar-refractivity contribution is 8.00. The Kier molecular flexibility index (Phi) is 6.18. The molecule has 0 bridgehead atoms. The van der Waals surface area contributed by atoms with Crippen molar-refractivity contribution in [1.82, 2.24) is 14.9 Å². The smallest absolute Gasteiger partial charge is 0.242 e. The van der Waals surface area contributed by atoms with E-state index in [-0.39, 0.29) is 5.91 Å². The lowest BCUT2D eigenvalue weighted by molar-refractivity contribution is -0.115. The number of aryl methyl sites for hydroxylation is 2. The van der Waals surface area contributed by atoms with Crippen LogP contribution in [0.2, 0.25) is 0 Å². The molecule has 0 aliphatic carbocycles. The van der Waals surface area contributed by atoms with E-state index in [0.717, 1.165) is 16.7 Å². The fourth-order valence-corrected chi connectivity index (χ4v) is 4.24. The standard InChI is InChI=1S/C23H23N5O3S/c1-14-9-10-19(30-3)18(13-14)25-22(29)20(16-7-5-4-6-8-16)32-23-27-26-21(28(23)24)17-11-12-31-15(17)2/h4-13,20H,24H2,1-3H3,(H,25,29). The predicted octanol–water partition coefficient (Wildman–Crippen LogP) is 4.35. The Morgan fingerprint density at radius 1 is 1.16 bits per heavy atom. The number of hydrogen-bond donors (Lipinski definition) is 2. The van der Waals surface area contributed by atoms with E-state index in [4.69, 9.17) is 15.0 Å². The number of ether oxygens (including phenoxy) is 1. The fourth-order valence-electron chi connectivity index (χ4n) is 3.28. The van der Waals surface area contributed by atoms with Gasteiger partial charge >= 0.3 is 0 Å². The SMILES string of the molecule is COc1ccc(C)cc1NC(=O)C(Sc1nnc(-c2ccoc2C)n1N)c1ccccc1. The van der Waals surface area contributed by atoms with Gasteiger partial charge in [0.2, 0.25) is 11.1 Å². The molecule has 32 heavy (non-hydrogen) atoms. The second kappa shape index (κ2) is 9.19. The first-order valence-electron chi connectivity index (χ1n) is 9.90. The number of nitrogens with two attached hydrogens (primary N) is 1. The van der Waals surface area contributed by atoms with Gasteiger partial charge in [-0.25, -0.2) is 4.68 Å². The molecule has 0 aliphatic heterocycles. The molecule has 2 heterocycles. The third-order valence-corrected chi connectivity index (χ3v) is 6.15. The molecular formula is C23H23N5O3S. The number of nitrogen functional groups attached to an aromatic ring is 1. The summed E-state index contributed by atoms with van der Waals surface area (Å²) in [4.78, 5) is 13.4. The number of rotatable bonds is 7. The van der Waals surface area contributed by atoms with Crippen LogP contribution < -0.4 is 15.9 Å². The second-order valence-corrected chi connectivity index (χ2v) is 8.24. The molecule has 164 valence electrons. The van der Waals surface area contributed by atoms with Crippen LogP contribution in [0.5, 0.6) is 5.75 Å². The number of nitrogens with one attached hydrogen (secondary N) is 1. The minimum Gasteiger partial charge on any atom is -0.495 e. The van der Waals surface area contributed by atoms with Crippen LogP contribution in [0.25, 0.3) is 11.4 Å². The number of carbonyl (C=O) groups excluding carboxylic acids is 1. The lowest BCUT2D eigenvalue weighted by atomic mass is 10.1. The van der Waals surface area contributed by atoms with E-state index in [2.05, 4.69) is 15.5 Å². The summed E-state index contributed by atoms with van der Waals surface area (Å²) in [5.41, 5.74) is 3.16. The van der Waals surface area contributed by atoms with Crippen molar-refractivity contribution in [3.8, 4) is 17.1 Å². The highest BCUT2D eigenvalue weighted by atomic mass is 32.2. The summed E-state index contributed by atoms with van der Waals surface area (Å²) in [5.74, 6) is 7.79. The number of carbonyl (C=O) groups is 1. The zero-order chi connectivity index (χ0) is 22.7. The molecule has 3 N–H and O–H groups in total. The molecule has 1 amide bonds. The Hall–Kier alpha value is -3.72. The van der Waals surface area contributed by atoms with E-state index in [9.17, 15) is 4.79 Å². The fraction of sp³-hybridized carbons (Fsp3) is 0.174. The Morgan fingerprint density at radius 3 is 2.62 bits per heavy atom. The van der Waals surface area contributed by atoms with Crippen LogP contribution in [-0.4, -0.2) is 27.9 Å². The quantitative estimate of drug-likeness (QED) is 0.319. The van der Waals surface area contributed by atoms with Gasteiger partial charge < -0.3 is 20.3 Å². The van der Waals surface area contributed by atoms with E-state index in [1.54, 1.807) is 19.4 Å². The molecule has 0 aliphatic rings. The number of anilines is 1. The van der Waals surface area contributed by atoms with Crippen LogP contribution >= 0.6 is 11.8 Å². The van der Waals surface area contributed by atoms with E-state index < -0.39 is 5.25 Å². The molecule has 1 atom stereocenters. The molecule has 8 nitrogen and oxygen atoms in total. The predicted molar refractivity (Wildman–Crippen MR) is 124 cm³/mol. The van der Waals surface area contributed by atoms with Gasteiger partial charge in [0.25, 0.3) is 0 Å². The highest BCUT2D eigenvalue weighted by Crippen LogP contribution is 2.37. The normalized spacial score (nSPS) is 11.8. The van der Waals surface area contributed by atoms with E-state index in [1.807, 2.05) is 62.4 Å². The highest BCUT2D eigenvalue weighted by Gasteiger charge is 2.27. The topological polar surface area (TPSA) is 108 Å². The number of aromatic nitrogens is 3. The molecule has 0 saturated carbocycles. The number of amides is 1. The summed E-state index contributed by atoms with van der Waals surface area (Å²) in [6.07, 6.45) is 1.57. The van der Waals surface area contributed by atoms with Gasteiger partial charge in [-0.1, -0.05) is 48.2 Å². The lowest BCUT2D eigenvalue weighted by Crippen LogP contribution is -2.21. The first-order chi connectivity index (χ1) is 15.5. The molecule has 0 saturated heterocycles. The molecule has 2 aromatic carbocycles. The Bertz CT molecular complexity index is 1240. The van der Waals surface area contributed by atoms with Crippen LogP contribution in [0, 0.1) is 13.8 Å². The third-order valence-electron chi connectivity index (χ3n) is 4.94. The van der Waals surface area contributed by atoms with Crippen LogP contribution in [0.15, 0.2) is 70.4 Å². The molecular weight excluding hydrogens is 426 g/mol. The summed E-state index contributed by atoms with van der Waals surface area (Å²) in [6, 6.07) is 16.9. The lowest BCUT2D eigenvalue weighted by Gasteiger charge is -2.18. The van der Waals surface area contributed by atoms with Crippen molar-refractivity contribution in [2.24, 2.45) is 0 Å². The molecule has 9 heteroatoms.